The summed E-state index contributed by atoms with van der Waals surface area (Å²) in [6.07, 6.45) is 0.883. The van der Waals surface area contributed by atoms with Crippen molar-refractivity contribution in [3.63, 3.8) is 0 Å². The van der Waals surface area contributed by atoms with E-state index < -0.39 is 5.82 Å². The molecule has 0 aromatic heterocycles. The van der Waals surface area contributed by atoms with Crippen LogP contribution in [0.4, 0.5) is 15.8 Å². The van der Waals surface area contributed by atoms with Crippen LogP contribution in [0.1, 0.15) is 17.5 Å². The first-order valence-electron chi connectivity index (χ1n) is 7.21. The average molecular weight is 314 g/mol. The lowest BCUT2D eigenvalue weighted by Crippen LogP contribution is -2.20. The highest BCUT2D eigenvalue weighted by atomic mass is 19.1. The van der Waals surface area contributed by atoms with Gasteiger partial charge in [-0.15, -0.1) is 0 Å². The number of phenols is 1. The summed E-state index contributed by atoms with van der Waals surface area (Å²) in [6.45, 7) is 0. The first kappa shape index (κ1) is 15.0. The van der Waals surface area contributed by atoms with Gasteiger partial charge >= 0.3 is 0 Å². The summed E-state index contributed by atoms with van der Waals surface area (Å²) in [6, 6.07) is 9.11. The Balaban J connectivity index is 1.75. The van der Waals surface area contributed by atoms with Crippen molar-refractivity contribution in [3.8, 4) is 5.75 Å². The zero-order valence-corrected chi connectivity index (χ0v) is 12.2. The van der Waals surface area contributed by atoms with Crippen LogP contribution in [0.3, 0.4) is 0 Å². The van der Waals surface area contributed by atoms with Crippen LogP contribution in [-0.2, 0) is 22.4 Å². The molecular weight excluding hydrogens is 299 g/mol. The van der Waals surface area contributed by atoms with Gasteiger partial charge in [0, 0.05) is 12.1 Å². The highest BCUT2D eigenvalue weighted by molar-refractivity contribution is 5.96. The predicted octanol–water partition coefficient (Wildman–Crippen LogP) is 2.60. The predicted molar refractivity (Wildman–Crippen MR) is 83.8 cm³/mol. The van der Waals surface area contributed by atoms with Crippen molar-refractivity contribution in [3.05, 3.63) is 53.3 Å². The van der Waals surface area contributed by atoms with Gasteiger partial charge in [0.1, 0.15) is 11.6 Å². The molecule has 0 spiro atoms. The Morgan fingerprint density at radius 2 is 2.09 bits per heavy atom. The van der Waals surface area contributed by atoms with Gasteiger partial charge in [-0.3, -0.25) is 9.59 Å². The summed E-state index contributed by atoms with van der Waals surface area (Å²) in [7, 11) is 0. The molecule has 2 amide bonds. The largest absolute Gasteiger partial charge is 0.508 e. The van der Waals surface area contributed by atoms with Gasteiger partial charge in [-0.2, -0.15) is 0 Å². The van der Waals surface area contributed by atoms with E-state index in [-0.39, 0.29) is 29.7 Å². The van der Waals surface area contributed by atoms with E-state index in [1.165, 1.54) is 18.2 Å². The molecule has 0 unspecified atom stereocenters. The fraction of sp³-hybridized carbons (Fsp3) is 0.176. The molecule has 3 N–H and O–H groups in total. The molecule has 0 fully saturated rings. The van der Waals surface area contributed by atoms with Crippen molar-refractivity contribution in [2.75, 3.05) is 10.6 Å². The van der Waals surface area contributed by atoms with E-state index >= 15 is 0 Å². The van der Waals surface area contributed by atoms with Crippen LogP contribution >= 0.6 is 0 Å². The van der Waals surface area contributed by atoms with Crippen LogP contribution in [0.15, 0.2) is 36.4 Å². The zero-order chi connectivity index (χ0) is 16.4. The molecular formula is C17H15FN2O3. The smallest absolute Gasteiger partial charge is 0.228 e. The number of benzene rings is 2. The summed E-state index contributed by atoms with van der Waals surface area (Å²) < 4.78 is 14.1. The second-order valence-electron chi connectivity index (χ2n) is 5.43. The van der Waals surface area contributed by atoms with Crippen LogP contribution in [0.5, 0.6) is 5.75 Å². The first-order valence-corrected chi connectivity index (χ1v) is 7.21. The number of hydrogen-bond donors (Lipinski definition) is 3. The molecule has 0 bridgehead atoms. The highest BCUT2D eigenvalue weighted by Gasteiger charge is 2.18. The van der Waals surface area contributed by atoms with E-state index in [0.717, 1.165) is 5.56 Å². The summed E-state index contributed by atoms with van der Waals surface area (Å²) in [5.74, 6) is -1.05. The van der Waals surface area contributed by atoms with Gasteiger partial charge in [-0.05, 0) is 41.8 Å². The lowest BCUT2D eigenvalue weighted by molar-refractivity contribution is -0.117. The molecule has 1 aliphatic heterocycles. The number of rotatable bonds is 3. The number of aryl methyl sites for hydroxylation is 1. The van der Waals surface area contributed by atoms with Gasteiger partial charge in [0.05, 0.1) is 12.1 Å². The van der Waals surface area contributed by atoms with E-state index in [0.29, 0.717) is 24.1 Å². The summed E-state index contributed by atoms with van der Waals surface area (Å²) in [5.41, 5.74) is 1.96. The molecule has 0 radical (unpaired) electrons. The van der Waals surface area contributed by atoms with Crippen LogP contribution in [0.2, 0.25) is 0 Å². The third-order valence-electron chi connectivity index (χ3n) is 3.64. The number of phenolic OH excluding ortho intramolecular Hbond substituents is 1. The van der Waals surface area contributed by atoms with E-state index in [1.807, 2.05) is 0 Å². The number of hydrogen-bond acceptors (Lipinski definition) is 3. The maximum Gasteiger partial charge on any atom is 0.228 e. The molecule has 1 heterocycles. The molecule has 2 aromatic rings. The third-order valence-corrected chi connectivity index (χ3v) is 3.64. The fourth-order valence-electron chi connectivity index (χ4n) is 2.54. The molecule has 23 heavy (non-hydrogen) atoms. The molecule has 5 nitrogen and oxygen atoms in total. The Morgan fingerprint density at radius 3 is 2.87 bits per heavy atom. The van der Waals surface area contributed by atoms with Gasteiger partial charge in [0.15, 0.2) is 0 Å². The standard InChI is InChI=1S/C17H15FN2O3/c18-13-9-14-11(4-5-16(22)19-14)8-15(13)20-17(23)7-10-2-1-3-12(21)6-10/h1-3,6,8-9,21H,4-5,7H2,(H,19,22)(H,20,23). The topological polar surface area (TPSA) is 78.4 Å². The fourth-order valence-corrected chi connectivity index (χ4v) is 2.54. The summed E-state index contributed by atoms with van der Waals surface area (Å²) in [4.78, 5) is 23.3. The third kappa shape index (κ3) is 3.48. The van der Waals surface area contributed by atoms with Gasteiger partial charge < -0.3 is 15.7 Å². The van der Waals surface area contributed by atoms with Crippen molar-refractivity contribution in [2.24, 2.45) is 0 Å². The quantitative estimate of drug-likeness (QED) is 0.815. The van der Waals surface area contributed by atoms with E-state index in [9.17, 15) is 19.1 Å². The van der Waals surface area contributed by atoms with Crippen molar-refractivity contribution >= 4 is 23.2 Å². The molecule has 0 saturated carbocycles. The number of amides is 2. The number of anilines is 2. The Kier molecular flexibility index (Phi) is 3.97. The molecule has 118 valence electrons. The molecule has 0 saturated heterocycles. The van der Waals surface area contributed by atoms with Gasteiger partial charge in [0.2, 0.25) is 11.8 Å². The van der Waals surface area contributed by atoms with Crippen LogP contribution in [0.25, 0.3) is 0 Å². The monoisotopic (exact) mass is 314 g/mol. The number of carbonyl (C=O) groups excluding carboxylic acids is 2. The maximum atomic E-state index is 14.1. The van der Waals surface area contributed by atoms with Gasteiger partial charge in [0.25, 0.3) is 0 Å². The van der Waals surface area contributed by atoms with Gasteiger partial charge in [-0.1, -0.05) is 12.1 Å². The number of aromatic hydroxyl groups is 1. The number of fused-ring (bicyclic) bond motifs is 1. The second-order valence-corrected chi connectivity index (χ2v) is 5.43. The number of carbonyl (C=O) groups is 2. The minimum absolute atomic E-state index is 0.0294. The van der Waals surface area contributed by atoms with Crippen molar-refractivity contribution in [1.82, 2.24) is 0 Å². The Hall–Kier alpha value is -2.89. The zero-order valence-electron chi connectivity index (χ0n) is 12.2. The molecule has 0 atom stereocenters. The molecule has 3 rings (SSSR count). The Morgan fingerprint density at radius 1 is 1.26 bits per heavy atom. The van der Waals surface area contributed by atoms with Crippen molar-refractivity contribution in [2.45, 2.75) is 19.3 Å². The number of nitrogens with one attached hydrogen (secondary N) is 2. The van der Waals surface area contributed by atoms with Gasteiger partial charge in [-0.25, -0.2) is 4.39 Å². The highest BCUT2D eigenvalue weighted by Crippen LogP contribution is 2.28. The number of halogens is 1. The average Bonchev–Trinajstić information content (AvgIpc) is 2.48. The van der Waals surface area contributed by atoms with Crippen LogP contribution in [0, 0.1) is 5.82 Å². The SMILES string of the molecule is O=C(Cc1cccc(O)c1)Nc1cc2c(cc1F)NC(=O)CC2. The van der Waals surface area contributed by atoms with Crippen LogP contribution < -0.4 is 10.6 Å². The van der Waals surface area contributed by atoms with Crippen LogP contribution in [-0.4, -0.2) is 16.9 Å². The van der Waals surface area contributed by atoms with E-state index in [4.69, 9.17) is 0 Å². The molecule has 6 heteroatoms. The molecule has 2 aromatic carbocycles. The summed E-state index contributed by atoms with van der Waals surface area (Å²) >= 11 is 0. The summed E-state index contributed by atoms with van der Waals surface area (Å²) in [5, 5.41) is 14.5. The van der Waals surface area contributed by atoms with E-state index in [1.54, 1.807) is 18.2 Å². The minimum atomic E-state index is -0.602. The second kappa shape index (κ2) is 6.08. The Labute approximate surface area is 132 Å². The molecule has 1 aliphatic rings. The van der Waals surface area contributed by atoms with Crippen molar-refractivity contribution < 1.29 is 19.1 Å². The first-order chi connectivity index (χ1) is 11.0. The lowest BCUT2D eigenvalue weighted by Gasteiger charge is -2.18. The lowest BCUT2D eigenvalue weighted by atomic mass is 10.0. The maximum absolute atomic E-state index is 14.1. The minimum Gasteiger partial charge on any atom is -0.508 e. The van der Waals surface area contributed by atoms with E-state index in [2.05, 4.69) is 10.6 Å². The van der Waals surface area contributed by atoms with Crippen molar-refractivity contribution in [1.29, 1.82) is 0 Å². The normalized spacial score (nSPS) is 13.2. The molecule has 0 aliphatic carbocycles. The Bertz CT molecular complexity index is 789.